The van der Waals surface area contributed by atoms with Crippen molar-refractivity contribution in [2.75, 3.05) is 39.7 Å². The summed E-state index contributed by atoms with van der Waals surface area (Å²) >= 11 is 0. The fourth-order valence-electron chi connectivity index (χ4n) is 4.58. The molecular weight excluding hydrogens is 398 g/mol. The van der Waals surface area contributed by atoms with Crippen LogP contribution in [0.1, 0.15) is 22.8 Å². The molecule has 4 rings (SSSR count). The molecular formula is C23H27N3O5. The highest BCUT2D eigenvalue weighted by Gasteiger charge is 2.49. The summed E-state index contributed by atoms with van der Waals surface area (Å²) in [5.74, 6) is 1.03. The third kappa shape index (κ3) is 3.67. The third-order valence-electron chi connectivity index (χ3n) is 6.09. The molecule has 2 aliphatic rings. The molecule has 1 fully saturated rings. The molecule has 164 valence electrons. The van der Waals surface area contributed by atoms with Gasteiger partial charge < -0.3 is 24.8 Å². The van der Waals surface area contributed by atoms with Crippen LogP contribution in [-0.2, 0) is 11.3 Å². The molecule has 31 heavy (non-hydrogen) atoms. The quantitative estimate of drug-likeness (QED) is 0.764. The van der Waals surface area contributed by atoms with Crippen molar-refractivity contribution in [3.8, 4) is 17.2 Å². The minimum atomic E-state index is -0.696. The van der Waals surface area contributed by atoms with Gasteiger partial charge >= 0.3 is 0 Å². The number of ether oxygens (including phenoxy) is 3. The summed E-state index contributed by atoms with van der Waals surface area (Å²) in [5.41, 5.74) is 1.22. The average molecular weight is 425 g/mol. The van der Waals surface area contributed by atoms with Gasteiger partial charge in [-0.05, 0) is 25.1 Å². The van der Waals surface area contributed by atoms with E-state index in [9.17, 15) is 9.59 Å². The first-order chi connectivity index (χ1) is 14.9. The van der Waals surface area contributed by atoms with Crippen molar-refractivity contribution in [2.24, 2.45) is 5.92 Å². The molecule has 2 N–H and O–H groups in total. The molecule has 2 atom stereocenters. The number of carbonyl (C=O) groups excluding carboxylic acids is 2. The zero-order valence-corrected chi connectivity index (χ0v) is 18.2. The highest BCUT2D eigenvalue weighted by molar-refractivity contribution is 6.06. The number of hydrogen-bond acceptors (Lipinski definition) is 6. The topological polar surface area (TPSA) is 89.1 Å². The fraction of sp³-hybridized carbons (Fsp3) is 0.391. The first kappa shape index (κ1) is 21.0. The van der Waals surface area contributed by atoms with E-state index in [0.717, 1.165) is 5.56 Å². The lowest BCUT2D eigenvalue weighted by Gasteiger charge is -2.33. The Morgan fingerprint density at radius 1 is 1.03 bits per heavy atom. The number of rotatable bonds is 5. The number of nitrogens with one attached hydrogen (secondary N) is 2. The first-order valence-corrected chi connectivity index (χ1v) is 10.1. The number of anilines is 1. The average Bonchev–Trinajstić information content (AvgIpc) is 3.08. The van der Waals surface area contributed by atoms with E-state index in [-0.39, 0.29) is 11.8 Å². The first-order valence-electron chi connectivity index (χ1n) is 10.1. The SMILES string of the molecule is COc1ccc(CN2C[C@H]3C(=O)Nc4ccccc4C(=O)N[C@@]3(C)C2)c(OC)c1OC. The van der Waals surface area contributed by atoms with Crippen molar-refractivity contribution in [1.29, 1.82) is 0 Å². The number of methoxy groups -OCH3 is 3. The monoisotopic (exact) mass is 425 g/mol. The van der Waals surface area contributed by atoms with Gasteiger partial charge in [0.25, 0.3) is 5.91 Å². The van der Waals surface area contributed by atoms with E-state index in [2.05, 4.69) is 15.5 Å². The van der Waals surface area contributed by atoms with Crippen LogP contribution in [0.25, 0.3) is 0 Å². The molecule has 1 saturated heterocycles. The summed E-state index contributed by atoms with van der Waals surface area (Å²) in [7, 11) is 4.74. The molecule has 0 saturated carbocycles. The second kappa shape index (κ2) is 8.11. The van der Waals surface area contributed by atoms with Crippen LogP contribution in [0, 0.1) is 5.92 Å². The summed E-state index contributed by atoms with van der Waals surface area (Å²) < 4.78 is 16.5. The van der Waals surface area contributed by atoms with Crippen molar-refractivity contribution in [3.05, 3.63) is 47.5 Å². The van der Waals surface area contributed by atoms with Gasteiger partial charge in [0.15, 0.2) is 11.5 Å². The van der Waals surface area contributed by atoms with E-state index in [1.807, 2.05) is 19.1 Å². The number of likely N-dealkylation sites (tertiary alicyclic amines) is 1. The molecule has 0 aromatic heterocycles. The number of hydrogen-bond donors (Lipinski definition) is 2. The van der Waals surface area contributed by atoms with Crippen LogP contribution < -0.4 is 24.8 Å². The van der Waals surface area contributed by atoms with E-state index < -0.39 is 11.5 Å². The van der Waals surface area contributed by atoms with Gasteiger partial charge in [-0.2, -0.15) is 0 Å². The van der Waals surface area contributed by atoms with Gasteiger partial charge in [0.05, 0.1) is 44.0 Å². The van der Waals surface area contributed by atoms with Gasteiger partial charge in [-0.1, -0.05) is 18.2 Å². The molecule has 0 spiro atoms. The summed E-state index contributed by atoms with van der Waals surface area (Å²) in [4.78, 5) is 28.1. The molecule has 2 amide bonds. The normalized spacial score (nSPS) is 23.0. The number of carbonyl (C=O) groups is 2. The van der Waals surface area contributed by atoms with Crippen LogP contribution in [0.2, 0.25) is 0 Å². The molecule has 8 nitrogen and oxygen atoms in total. The van der Waals surface area contributed by atoms with Gasteiger partial charge in [-0.15, -0.1) is 0 Å². The lowest BCUT2D eigenvalue weighted by molar-refractivity contribution is -0.121. The van der Waals surface area contributed by atoms with Gasteiger partial charge in [0.2, 0.25) is 11.7 Å². The second-order valence-electron chi connectivity index (χ2n) is 8.12. The van der Waals surface area contributed by atoms with Crippen LogP contribution >= 0.6 is 0 Å². The smallest absolute Gasteiger partial charge is 0.253 e. The zero-order chi connectivity index (χ0) is 22.2. The number of benzene rings is 2. The summed E-state index contributed by atoms with van der Waals surface area (Å²) in [6.45, 7) is 3.49. The Morgan fingerprint density at radius 3 is 2.48 bits per heavy atom. The van der Waals surface area contributed by atoms with E-state index in [4.69, 9.17) is 14.2 Å². The van der Waals surface area contributed by atoms with Crippen LogP contribution in [-0.4, -0.2) is 56.7 Å². The van der Waals surface area contributed by atoms with Gasteiger partial charge in [-0.25, -0.2) is 0 Å². The molecule has 2 aliphatic heterocycles. The van der Waals surface area contributed by atoms with Crippen LogP contribution in [0.15, 0.2) is 36.4 Å². The Balaban J connectivity index is 1.62. The Labute approximate surface area is 181 Å². The maximum atomic E-state index is 13.1. The van der Waals surface area contributed by atoms with Crippen molar-refractivity contribution in [1.82, 2.24) is 10.2 Å². The molecule has 0 unspecified atom stereocenters. The predicted octanol–water partition coefficient (Wildman–Crippen LogP) is 2.29. The van der Waals surface area contributed by atoms with E-state index >= 15 is 0 Å². The molecule has 2 aromatic carbocycles. The van der Waals surface area contributed by atoms with Gasteiger partial charge in [0.1, 0.15) is 0 Å². The number of nitrogens with zero attached hydrogens (tertiary/aromatic N) is 1. The Morgan fingerprint density at radius 2 is 1.77 bits per heavy atom. The van der Waals surface area contributed by atoms with Gasteiger partial charge in [0, 0.05) is 25.2 Å². The minimum absolute atomic E-state index is 0.100. The largest absolute Gasteiger partial charge is 0.493 e. The van der Waals surface area contributed by atoms with E-state index in [0.29, 0.717) is 48.1 Å². The van der Waals surface area contributed by atoms with Gasteiger partial charge in [-0.3, -0.25) is 14.5 Å². The summed E-state index contributed by atoms with van der Waals surface area (Å²) in [5, 5.41) is 6.05. The second-order valence-corrected chi connectivity index (χ2v) is 8.12. The minimum Gasteiger partial charge on any atom is -0.493 e. The zero-order valence-electron chi connectivity index (χ0n) is 18.2. The summed E-state index contributed by atoms with van der Waals surface area (Å²) in [6, 6.07) is 10.8. The molecule has 2 aromatic rings. The molecule has 8 heteroatoms. The lowest BCUT2D eigenvalue weighted by Crippen LogP contribution is -2.56. The molecule has 0 aliphatic carbocycles. The van der Waals surface area contributed by atoms with E-state index in [1.165, 1.54) is 0 Å². The summed E-state index contributed by atoms with van der Waals surface area (Å²) in [6.07, 6.45) is 0. The van der Waals surface area contributed by atoms with Crippen LogP contribution in [0.4, 0.5) is 5.69 Å². The Hall–Kier alpha value is -3.26. The lowest BCUT2D eigenvalue weighted by atomic mass is 9.86. The fourth-order valence-corrected chi connectivity index (χ4v) is 4.58. The number of amides is 2. The third-order valence-corrected chi connectivity index (χ3v) is 6.09. The molecule has 0 bridgehead atoms. The predicted molar refractivity (Wildman–Crippen MR) is 116 cm³/mol. The van der Waals surface area contributed by atoms with Crippen molar-refractivity contribution < 1.29 is 23.8 Å². The van der Waals surface area contributed by atoms with E-state index in [1.54, 1.807) is 45.6 Å². The number of para-hydroxylation sites is 1. The maximum absolute atomic E-state index is 13.1. The highest BCUT2D eigenvalue weighted by atomic mass is 16.5. The van der Waals surface area contributed by atoms with Crippen molar-refractivity contribution in [2.45, 2.75) is 19.0 Å². The maximum Gasteiger partial charge on any atom is 0.253 e. The standard InChI is InChI=1S/C23H27N3O5/c1-23-13-26(11-14-9-10-18(29-2)20(31-4)19(14)30-3)12-16(23)22(28)24-17-8-6-5-7-15(17)21(27)25-23/h5-10,16H,11-13H2,1-4H3,(H,24,28)(H,25,27)/t16-,23-/m0/s1. The Bertz CT molecular complexity index is 1020. The number of fused-ring (bicyclic) bond motifs is 2. The van der Waals surface area contributed by atoms with Crippen LogP contribution in [0.5, 0.6) is 17.2 Å². The van der Waals surface area contributed by atoms with Crippen LogP contribution in [0.3, 0.4) is 0 Å². The van der Waals surface area contributed by atoms with Crippen molar-refractivity contribution in [3.63, 3.8) is 0 Å². The molecule has 2 heterocycles. The highest BCUT2D eigenvalue weighted by Crippen LogP contribution is 2.41. The van der Waals surface area contributed by atoms with Crippen molar-refractivity contribution >= 4 is 17.5 Å². The Kier molecular flexibility index (Phi) is 5.49. The molecule has 0 radical (unpaired) electrons.